The lowest BCUT2D eigenvalue weighted by Crippen LogP contribution is -2.44. The molecule has 1 aliphatic rings. The molecular weight excluding hydrogens is 505 g/mol. The maximum Gasteiger partial charge on any atom is 0.242 e. The van der Waals surface area contributed by atoms with E-state index in [1.54, 1.807) is 19.2 Å². The molecule has 196 valence electrons. The average Bonchev–Trinajstić information content (AvgIpc) is 3.45. The van der Waals surface area contributed by atoms with E-state index >= 15 is 0 Å². The first-order valence-corrected chi connectivity index (χ1v) is 13.5. The van der Waals surface area contributed by atoms with E-state index < -0.39 is 0 Å². The van der Waals surface area contributed by atoms with Crippen molar-refractivity contribution in [3.8, 4) is 11.1 Å². The summed E-state index contributed by atoms with van der Waals surface area (Å²) in [5, 5.41) is 0.956. The summed E-state index contributed by atoms with van der Waals surface area (Å²) in [6.07, 6.45) is 2.42. The van der Waals surface area contributed by atoms with E-state index in [2.05, 4.69) is 53.4 Å². The van der Waals surface area contributed by atoms with Crippen LogP contribution in [0.1, 0.15) is 24.4 Å². The third-order valence-corrected chi connectivity index (χ3v) is 7.79. The molecule has 4 rings (SSSR count). The Labute approximate surface area is 230 Å². The minimum Gasteiger partial charge on any atom is -0.383 e. The van der Waals surface area contributed by atoms with E-state index in [0.717, 1.165) is 30.9 Å². The molecule has 0 aromatic heterocycles. The molecule has 0 radical (unpaired) electrons. The molecule has 1 atom stereocenters. The zero-order valence-electron chi connectivity index (χ0n) is 21.6. The van der Waals surface area contributed by atoms with Crippen molar-refractivity contribution < 1.29 is 9.53 Å². The van der Waals surface area contributed by atoms with Gasteiger partial charge in [0.25, 0.3) is 0 Å². The van der Waals surface area contributed by atoms with Crippen molar-refractivity contribution in [2.75, 3.05) is 58.4 Å². The molecule has 3 aromatic rings. The summed E-state index contributed by atoms with van der Waals surface area (Å²) in [4.78, 5) is 20.0. The Morgan fingerprint density at radius 1 is 0.946 bits per heavy atom. The van der Waals surface area contributed by atoms with Gasteiger partial charge in [-0.1, -0.05) is 77.8 Å². The van der Waals surface area contributed by atoms with Gasteiger partial charge in [-0.2, -0.15) is 0 Å². The van der Waals surface area contributed by atoms with Gasteiger partial charge in [0.2, 0.25) is 5.91 Å². The SMILES string of the molecule is COCCN(CC(=O)N(C)C(CN1CCCC1)c1ccc(-c2ccccc2)cc1)c1ccc(Cl)c(Cl)c1. The van der Waals surface area contributed by atoms with Crippen LogP contribution in [0.25, 0.3) is 11.1 Å². The number of rotatable bonds is 11. The number of carbonyl (C=O) groups excluding carboxylic acids is 1. The molecular formula is C30H35Cl2N3O2. The minimum absolute atomic E-state index is 0.0403. The van der Waals surface area contributed by atoms with Gasteiger partial charge >= 0.3 is 0 Å². The van der Waals surface area contributed by atoms with Gasteiger partial charge in [0.05, 0.1) is 29.2 Å². The summed E-state index contributed by atoms with van der Waals surface area (Å²) in [6.45, 7) is 4.24. The lowest BCUT2D eigenvalue weighted by Gasteiger charge is -2.34. The second-order valence-corrected chi connectivity index (χ2v) is 10.3. The quantitative estimate of drug-likeness (QED) is 0.282. The second-order valence-electron chi connectivity index (χ2n) is 9.53. The molecule has 0 N–H and O–H groups in total. The zero-order valence-corrected chi connectivity index (χ0v) is 23.1. The summed E-state index contributed by atoms with van der Waals surface area (Å²) in [5.74, 6) is 0.0403. The Kier molecular flexibility index (Phi) is 9.87. The highest BCUT2D eigenvalue weighted by Gasteiger charge is 2.27. The van der Waals surface area contributed by atoms with Crippen molar-refractivity contribution in [1.82, 2.24) is 9.80 Å². The van der Waals surface area contributed by atoms with E-state index in [1.165, 1.54) is 24.0 Å². The standard InChI is InChI=1S/C30H35Cl2N3O2/c1-33(30(36)22-35(18-19-37-2)26-14-15-27(31)28(32)20-26)29(21-34-16-6-7-17-34)25-12-10-24(11-13-25)23-8-4-3-5-9-23/h3-5,8-15,20,29H,6-7,16-19,21-22H2,1-2H3. The van der Waals surface area contributed by atoms with Crippen LogP contribution in [0.5, 0.6) is 0 Å². The third kappa shape index (κ3) is 7.26. The molecule has 7 heteroatoms. The van der Waals surface area contributed by atoms with Crippen LogP contribution in [0, 0.1) is 0 Å². The molecule has 0 spiro atoms. The van der Waals surface area contributed by atoms with Gasteiger partial charge in [0.1, 0.15) is 0 Å². The van der Waals surface area contributed by atoms with Crippen LogP contribution in [-0.4, -0.2) is 69.2 Å². The molecule has 1 saturated heterocycles. The summed E-state index contributed by atoms with van der Waals surface area (Å²) >= 11 is 12.4. The first-order valence-electron chi connectivity index (χ1n) is 12.8. The Balaban J connectivity index is 1.55. The molecule has 1 fully saturated rings. The fourth-order valence-corrected chi connectivity index (χ4v) is 5.11. The number of likely N-dealkylation sites (tertiary alicyclic amines) is 1. The van der Waals surface area contributed by atoms with Crippen molar-refractivity contribution in [3.05, 3.63) is 88.4 Å². The summed E-state index contributed by atoms with van der Waals surface area (Å²) in [7, 11) is 3.57. The Hall–Kier alpha value is -2.57. The highest BCUT2D eigenvalue weighted by molar-refractivity contribution is 6.42. The summed E-state index contributed by atoms with van der Waals surface area (Å²) < 4.78 is 5.31. The second kappa shape index (κ2) is 13.3. The third-order valence-electron chi connectivity index (χ3n) is 7.05. The van der Waals surface area contributed by atoms with Crippen molar-refractivity contribution in [2.45, 2.75) is 18.9 Å². The Morgan fingerprint density at radius 2 is 1.62 bits per heavy atom. The van der Waals surface area contributed by atoms with Crippen LogP contribution in [0.15, 0.2) is 72.8 Å². The van der Waals surface area contributed by atoms with Crippen molar-refractivity contribution in [2.24, 2.45) is 0 Å². The van der Waals surface area contributed by atoms with Crippen LogP contribution in [-0.2, 0) is 9.53 Å². The van der Waals surface area contributed by atoms with Crippen molar-refractivity contribution >= 4 is 34.8 Å². The van der Waals surface area contributed by atoms with Gasteiger partial charge in [0.15, 0.2) is 0 Å². The zero-order chi connectivity index (χ0) is 26.2. The number of likely N-dealkylation sites (N-methyl/N-ethyl adjacent to an activating group) is 1. The summed E-state index contributed by atoms with van der Waals surface area (Å²) in [5.41, 5.74) is 4.34. The van der Waals surface area contributed by atoms with E-state index in [4.69, 9.17) is 27.9 Å². The van der Waals surface area contributed by atoms with Gasteiger partial charge in [-0.15, -0.1) is 0 Å². The van der Waals surface area contributed by atoms with Crippen LogP contribution in [0.3, 0.4) is 0 Å². The lowest BCUT2D eigenvalue weighted by molar-refractivity contribution is -0.131. The number of hydrogen-bond acceptors (Lipinski definition) is 4. The van der Waals surface area contributed by atoms with Gasteiger partial charge in [-0.25, -0.2) is 0 Å². The number of ether oxygens (including phenoxy) is 1. The van der Waals surface area contributed by atoms with Crippen LogP contribution >= 0.6 is 23.2 Å². The monoisotopic (exact) mass is 539 g/mol. The highest BCUT2D eigenvalue weighted by Crippen LogP contribution is 2.29. The molecule has 1 heterocycles. The lowest BCUT2D eigenvalue weighted by atomic mass is 9.99. The first-order chi connectivity index (χ1) is 18.0. The normalized spacial score (nSPS) is 14.5. The molecule has 1 amide bonds. The topological polar surface area (TPSA) is 36.0 Å². The van der Waals surface area contributed by atoms with Crippen LogP contribution in [0.4, 0.5) is 5.69 Å². The van der Waals surface area contributed by atoms with Crippen LogP contribution in [0.2, 0.25) is 10.0 Å². The van der Waals surface area contributed by atoms with Gasteiger partial charge < -0.3 is 19.4 Å². The Morgan fingerprint density at radius 3 is 2.27 bits per heavy atom. The van der Waals surface area contributed by atoms with Crippen LogP contribution < -0.4 is 4.90 Å². The number of anilines is 1. The van der Waals surface area contributed by atoms with Gasteiger partial charge in [-0.05, 0) is 60.8 Å². The number of nitrogens with zero attached hydrogens (tertiary/aromatic N) is 3. The fourth-order valence-electron chi connectivity index (χ4n) is 4.82. The van der Waals surface area contributed by atoms with E-state index in [9.17, 15) is 4.79 Å². The maximum atomic E-state index is 13.7. The van der Waals surface area contributed by atoms with Gasteiger partial charge in [-0.3, -0.25) is 4.79 Å². The number of hydrogen-bond donors (Lipinski definition) is 0. The van der Waals surface area contributed by atoms with Crippen molar-refractivity contribution in [3.63, 3.8) is 0 Å². The van der Waals surface area contributed by atoms with Gasteiger partial charge in [0, 0.05) is 32.9 Å². The summed E-state index contributed by atoms with van der Waals surface area (Å²) in [6, 6.07) is 24.4. The van der Waals surface area contributed by atoms with E-state index in [1.807, 2.05) is 29.0 Å². The fraction of sp³-hybridized carbons (Fsp3) is 0.367. The molecule has 1 unspecified atom stereocenters. The molecule has 5 nitrogen and oxygen atoms in total. The van der Waals surface area contributed by atoms with Crippen molar-refractivity contribution in [1.29, 1.82) is 0 Å². The first kappa shape index (κ1) is 27.5. The van der Waals surface area contributed by atoms with E-state index in [0.29, 0.717) is 23.2 Å². The van der Waals surface area contributed by atoms with E-state index in [-0.39, 0.29) is 18.5 Å². The molecule has 0 saturated carbocycles. The molecule has 37 heavy (non-hydrogen) atoms. The maximum absolute atomic E-state index is 13.7. The molecule has 1 aliphatic heterocycles. The average molecular weight is 541 g/mol. The number of carbonyl (C=O) groups is 1. The highest BCUT2D eigenvalue weighted by atomic mass is 35.5. The predicted molar refractivity (Wildman–Crippen MR) is 154 cm³/mol. The molecule has 3 aromatic carbocycles. The Bertz CT molecular complexity index is 1150. The minimum atomic E-state index is -0.0477. The molecule has 0 aliphatic carbocycles. The molecule has 0 bridgehead atoms. The smallest absolute Gasteiger partial charge is 0.242 e. The number of methoxy groups -OCH3 is 1. The largest absolute Gasteiger partial charge is 0.383 e. The number of amides is 1. The predicted octanol–water partition coefficient (Wildman–Crippen LogP) is 6.41. The number of halogens is 2. The number of benzene rings is 3.